The Morgan fingerprint density at radius 2 is 2.14 bits per heavy atom. The first kappa shape index (κ1) is 17.5. The van der Waals surface area contributed by atoms with Crippen LogP contribution in [0.5, 0.6) is 0 Å². The Morgan fingerprint density at radius 3 is 2.67 bits per heavy atom. The molecule has 116 valence electrons. The second kappa shape index (κ2) is 7.42. The third-order valence-corrected chi connectivity index (χ3v) is 4.29. The van der Waals surface area contributed by atoms with Crippen LogP contribution in [0.25, 0.3) is 0 Å². The van der Waals surface area contributed by atoms with Gasteiger partial charge in [-0.25, -0.2) is 0 Å². The maximum absolute atomic E-state index is 11.4. The van der Waals surface area contributed by atoms with Crippen molar-refractivity contribution >= 4 is 23.4 Å². The minimum absolute atomic E-state index is 0.0508. The molecule has 0 aliphatic rings. The minimum Gasteiger partial charge on any atom is -0.480 e. The molecule has 0 aromatic heterocycles. The molecule has 2 N–H and O–H groups in total. The van der Waals surface area contributed by atoms with Gasteiger partial charge in [0, 0.05) is 11.3 Å². The largest absolute Gasteiger partial charge is 0.480 e. The van der Waals surface area contributed by atoms with Crippen LogP contribution in [0.3, 0.4) is 0 Å². The molecular formula is C14H20N2O4S. The molecule has 0 fully saturated rings. The second-order valence-electron chi connectivity index (χ2n) is 5.03. The van der Waals surface area contributed by atoms with Crippen molar-refractivity contribution in [3.05, 3.63) is 34.4 Å². The van der Waals surface area contributed by atoms with Crippen molar-refractivity contribution in [1.82, 2.24) is 5.32 Å². The van der Waals surface area contributed by atoms with Gasteiger partial charge in [0.05, 0.1) is 9.82 Å². The van der Waals surface area contributed by atoms with Crippen molar-refractivity contribution < 1.29 is 14.8 Å². The summed E-state index contributed by atoms with van der Waals surface area (Å²) in [6, 6.07) is 6.50. The monoisotopic (exact) mass is 312 g/mol. The van der Waals surface area contributed by atoms with E-state index in [1.807, 2.05) is 13.8 Å². The third-order valence-electron chi connectivity index (χ3n) is 3.12. The van der Waals surface area contributed by atoms with Crippen molar-refractivity contribution in [3.63, 3.8) is 0 Å². The average Bonchev–Trinajstić information content (AvgIpc) is 2.38. The minimum atomic E-state index is -1.04. The Kier molecular flexibility index (Phi) is 6.17. The molecule has 0 amide bonds. The summed E-state index contributed by atoms with van der Waals surface area (Å²) in [5.74, 6) is -0.917. The lowest BCUT2D eigenvalue weighted by molar-refractivity contribution is -0.387. The van der Waals surface area contributed by atoms with Crippen molar-refractivity contribution in [2.45, 2.75) is 42.9 Å². The third kappa shape index (κ3) is 4.71. The summed E-state index contributed by atoms with van der Waals surface area (Å²) < 4.78 is 0. The maximum Gasteiger partial charge on any atom is 0.323 e. The van der Waals surface area contributed by atoms with Gasteiger partial charge in [0.1, 0.15) is 5.54 Å². The van der Waals surface area contributed by atoms with Gasteiger partial charge in [0.15, 0.2) is 0 Å². The number of nitro groups is 1. The first-order valence-corrected chi connectivity index (χ1v) is 7.56. The number of benzene rings is 1. The number of aliphatic carboxylic acids is 1. The van der Waals surface area contributed by atoms with Crippen molar-refractivity contribution in [2.24, 2.45) is 0 Å². The number of carboxylic acids is 1. The van der Waals surface area contributed by atoms with Crippen molar-refractivity contribution in [3.8, 4) is 0 Å². The molecule has 6 nitrogen and oxygen atoms in total. The lowest BCUT2D eigenvalue weighted by atomic mass is 9.96. The molecule has 0 heterocycles. The number of nitrogens with one attached hydrogen (secondary N) is 1. The van der Waals surface area contributed by atoms with E-state index in [0.29, 0.717) is 17.9 Å². The van der Waals surface area contributed by atoms with Gasteiger partial charge >= 0.3 is 5.97 Å². The SMILES string of the molecule is CCNC(C)(CC(C)Sc1ccccc1[N+](=O)[O-])C(=O)O. The van der Waals surface area contributed by atoms with E-state index in [0.717, 1.165) is 0 Å². The summed E-state index contributed by atoms with van der Waals surface area (Å²) >= 11 is 1.32. The Bertz CT molecular complexity index is 523. The number of carbonyl (C=O) groups is 1. The quantitative estimate of drug-likeness (QED) is 0.435. The van der Waals surface area contributed by atoms with E-state index in [1.165, 1.54) is 17.8 Å². The molecule has 7 heteroatoms. The lowest BCUT2D eigenvalue weighted by Gasteiger charge is -2.28. The van der Waals surface area contributed by atoms with Crippen LogP contribution in [-0.2, 0) is 4.79 Å². The van der Waals surface area contributed by atoms with Crippen LogP contribution in [0, 0.1) is 10.1 Å². The van der Waals surface area contributed by atoms with Crippen LogP contribution in [0.4, 0.5) is 5.69 Å². The highest BCUT2D eigenvalue weighted by Crippen LogP contribution is 2.34. The standard InChI is InChI=1S/C14H20N2O4S/c1-4-15-14(3,13(17)18)9-10(2)21-12-8-6-5-7-11(12)16(19)20/h5-8,10,15H,4,9H2,1-3H3,(H,17,18). The second-order valence-corrected chi connectivity index (χ2v) is 6.51. The lowest BCUT2D eigenvalue weighted by Crippen LogP contribution is -2.50. The summed E-state index contributed by atoms with van der Waals surface area (Å²) in [5, 5.41) is 23.2. The Balaban J connectivity index is 2.84. The van der Waals surface area contributed by atoms with Gasteiger partial charge in [-0.15, -0.1) is 11.8 Å². The highest BCUT2D eigenvalue weighted by atomic mass is 32.2. The van der Waals surface area contributed by atoms with Crippen LogP contribution in [-0.4, -0.2) is 33.3 Å². The number of para-hydroxylation sites is 1. The summed E-state index contributed by atoms with van der Waals surface area (Å²) in [6.45, 7) is 5.90. The van der Waals surface area contributed by atoms with Gasteiger partial charge in [-0.3, -0.25) is 14.9 Å². The molecule has 1 rings (SSSR count). The van der Waals surface area contributed by atoms with Crippen molar-refractivity contribution in [1.29, 1.82) is 0 Å². The zero-order valence-corrected chi connectivity index (χ0v) is 13.1. The molecule has 21 heavy (non-hydrogen) atoms. The van der Waals surface area contributed by atoms with Gasteiger partial charge in [-0.2, -0.15) is 0 Å². The van der Waals surface area contributed by atoms with Crippen LogP contribution < -0.4 is 5.32 Å². The number of carboxylic acid groups (broad SMARTS) is 1. The topological polar surface area (TPSA) is 92.5 Å². The number of nitrogens with zero attached hydrogens (tertiary/aromatic N) is 1. The molecule has 2 unspecified atom stereocenters. The Morgan fingerprint density at radius 1 is 1.52 bits per heavy atom. The van der Waals surface area contributed by atoms with E-state index < -0.39 is 16.4 Å². The first-order valence-electron chi connectivity index (χ1n) is 6.68. The molecule has 2 atom stereocenters. The van der Waals surface area contributed by atoms with Gasteiger partial charge in [0.2, 0.25) is 0 Å². The van der Waals surface area contributed by atoms with E-state index in [2.05, 4.69) is 5.32 Å². The van der Waals surface area contributed by atoms with Crippen LogP contribution in [0.15, 0.2) is 29.2 Å². The predicted octanol–water partition coefficient (Wildman–Crippen LogP) is 2.92. The Labute approximate surface area is 128 Å². The van der Waals surface area contributed by atoms with Gasteiger partial charge in [-0.1, -0.05) is 26.0 Å². The highest BCUT2D eigenvalue weighted by Gasteiger charge is 2.34. The maximum atomic E-state index is 11.4. The van der Waals surface area contributed by atoms with E-state index in [4.69, 9.17) is 0 Å². The number of rotatable bonds is 8. The molecule has 0 aliphatic carbocycles. The summed E-state index contributed by atoms with van der Waals surface area (Å²) in [7, 11) is 0. The van der Waals surface area contributed by atoms with E-state index in [1.54, 1.807) is 25.1 Å². The van der Waals surface area contributed by atoms with Gasteiger partial charge < -0.3 is 10.4 Å². The number of hydrogen-bond donors (Lipinski definition) is 2. The molecule has 0 saturated heterocycles. The summed E-state index contributed by atoms with van der Waals surface area (Å²) in [5.41, 5.74) is -0.986. The van der Waals surface area contributed by atoms with Gasteiger partial charge in [0.25, 0.3) is 5.69 Å². The molecule has 0 saturated carbocycles. The number of nitro benzene ring substituents is 1. The predicted molar refractivity (Wildman–Crippen MR) is 82.7 cm³/mol. The van der Waals surface area contributed by atoms with Crippen molar-refractivity contribution in [2.75, 3.05) is 6.54 Å². The average molecular weight is 312 g/mol. The molecule has 0 bridgehead atoms. The van der Waals surface area contributed by atoms with E-state index in [-0.39, 0.29) is 10.9 Å². The van der Waals surface area contributed by atoms with Crippen LogP contribution in [0.1, 0.15) is 27.2 Å². The number of likely N-dealkylation sites (N-methyl/N-ethyl adjacent to an activating group) is 1. The fraction of sp³-hybridized carbons (Fsp3) is 0.500. The summed E-state index contributed by atoms with van der Waals surface area (Å²) in [6.07, 6.45) is 0.368. The summed E-state index contributed by atoms with van der Waals surface area (Å²) in [4.78, 5) is 22.5. The normalized spacial score (nSPS) is 15.2. The molecule has 0 radical (unpaired) electrons. The first-order chi connectivity index (χ1) is 9.80. The fourth-order valence-corrected chi connectivity index (χ4v) is 3.44. The number of hydrogen-bond acceptors (Lipinski definition) is 5. The smallest absolute Gasteiger partial charge is 0.323 e. The van der Waals surface area contributed by atoms with Crippen LogP contribution >= 0.6 is 11.8 Å². The fourth-order valence-electron chi connectivity index (χ4n) is 2.17. The molecule has 0 aliphatic heterocycles. The number of thioether (sulfide) groups is 1. The zero-order valence-electron chi connectivity index (χ0n) is 12.3. The highest BCUT2D eigenvalue weighted by molar-refractivity contribution is 8.00. The van der Waals surface area contributed by atoms with Crippen LogP contribution in [0.2, 0.25) is 0 Å². The Hall–Kier alpha value is -1.60. The molecule has 0 spiro atoms. The zero-order chi connectivity index (χ0) is 16.0. The molecule has 1 aromatic carbocycles. The van der Waals surface area contributed by atoms with Gasteiger partial charge in [-0.05, 0) is 26.0 Å². The van der Waals surface area contributed by atoms with E-state index >= 15 is 0 Å². The molecular weight excluding hydrogens is 292 g/mol. The van der Waals surface area contributed by atoms with E-state index in [9.17, 15) is 20.0 Å². The molecule has 1 aromatic rings.